The van der Waals surface area contributed by atoms with E-state index >= 15 is 0 Å². The van der Waals surface area contributed by atoms with Gasteiger partial charge in [0.15, 0.2) is 0 Å². The van der Waals surface area contributed by atoms with Gasteiger partial charge < -0.3 is 15.4 Å². The molecule has 1 aromatic heterocycles. The minimum atomic E-state index is -0.138. The summed E-state index contributed by atoms with van der Waals surface area (Å²) in [5.74, 6) is 0.890. The van der Waals surface area contributed by atoms with E-state index in [-0.39, 0.29) is 18.2 Å². The Morgan fingerprint density at radius 1 is 1.48 bits per heavy atom. The van der Waals surface area contributed by atoms with Crippen molar-refractivity contribution in [2.45, 2.75) is 39.3 Å². The van der Waals surface area contributed by atoms with Crippen LogP contribution in [0.3, 0.4) is 0 Å². The van der Waals surface area contributed by atoms with E-state index in [1.165, 1.54) is 0 Å². The maximum Gasteiger partial charge on any atom is 0.315 e. The second kappa shape index (κ2) is 7.41. The molecular weight excluding hydrogens is 266 g/mol. The summed E-state index contributed by atoms with van der Waals surface area (Å²) in [5.41, 5.74) is 0.997. The average molecular weight is 291 g/mol. The van der Waals surface area contributed by atoms with E-state index in [1.54, 1.807) is 12.4 Å². The van der Waals surface area contributed by atoms with E-state index in [4.69, 9.17) is 4.74 Å². The number of aromatic nitrogens is 1. The van der Waals surface area contributed by atoms with Crippen molar-refractivity contribution in [2.75, 3.05) is 13.2 Å². The smallest absolute Gasteiger partial charge is 0.315 e. The van der Waals surface area contributed by atoms with Gasteiger partial charge in [-0.25, -0.2) is 4.79 Å². The number of nitrogens with zero attached hydrogens (tertiary/aromatic N) is 1. The largest absolute Gasteiger partial charge is 0.378 e. The third-order valence-corrected chi connectivity index (χ3v) is 3.98. The van der Waals surface area contributed by atoms with E-state index in [1.807, 2.05) is 19.1 Å². The van der Waals surface area contributed by atoms with E-state index < -0.39 is 0 Å². The highest BCUT2D eigenvalue weighted by atomic mass is 16.5. The molecule has 2 amide bonds. The molecule has 21 heavy (non-hydrogen) atoms. The molecule has 2 heterocycles. The molecule has 1 fully saturated rings. The molecule has 0 radical (unpaired) electrons. The summed E-state index contributed by atoms with van der Waals surface area (Å²) in [4.78, 5) is 16.0. The number of ether oxygens (including phenoxy) is 1. The number of amides is 2. The van der Waals surface area contributed by atoms with Crippen molar-refractivity contribution >= 4 is 6.03 Å². The average Bonchev–Trinajstić information content (AvgIpc) is 2.94. The minimum Gasteiger partial charge on any atom is -0.378 e. The lowest BCUT2D eigenvalue weighted by Crippen LogP contribution is -2.41. The minimum absolute atomic E-state index is 0.0561. The van der Waals surface area contributed by atoms with Crippen molar-refractivity contribution in [3.63, 3.8) is 0 Å². The SMILES string of the molecule is CC(C)[C@@H]1OCC[C@H]1CNC(=O)N[C@@H](C)c1cccnc1. The summed E-state index contributed by atoms with van der Waals surface area (Å²) >= 11 is 0. The predicted octanol–water partition coefficient (Wildman–Crippen LogP) is 2.50. The van der Waals surface area contributed by atoms with Gasteiger partial charge in [0, 0.05) is 31.5 Å². The molecule has 116 valence electrons. The summed E-state index contributed by atoms with van der Waals surface area (Å²) in [6, 6.07) is 3.63. The molecule has 0 unspecified atom stereocenters. The number of carbonyl (C=O) groups is 1. The second-order valence-corrected chi connectivity index (χ2v) is 5.99. The van der Waals surface area contributed by atoms with Crippen LogP contribution in [-0.4, -0.2) is 30.3 Å². The van der Waals surface area contributed by atoms with Crippen LogP contribution in [0.2, 0.25) is 0 Å². The van der Waals surface area contributed by atoms with Crippen molar-refractivity contribution in [1.82, 2.24) is 15.6 Å². The molecule has 0 aliphatic carbocycles. The number of rotatable bonds is 5. The van der Waals surface area contributed by atoms with Crippen molar-refractivity contribution in [3.8, 4) is 0 Å². The zero-order valence-corrected chi connectivity index (χ0v) is 13.0. The third-order valence-electron chi connectivity index (χ3n) is 3.98. The molecule has 0 spiro atoms. The Bertz CT molecular complexity index is 450. The highest BCUT2D eigenvalue weighted by molar-refractivity contribution is 5.74. The maximum absolute atomic E-state index is 12.0. The first-order valence-corrected chi connectivity index (χ1v) is 7.64. The van der Waals surface area contributed by atoms with Gasteiger partial charge in [0.25, 0.3) is 0 Å². The lowest BCUT2D eigenvalue weighted by atomic mass is 9.93. The fraction of sp³-hybridized carbons (Fsp3) is 0.625. The van der Waals surface area contributed by atoms with E-state index in [0.29, 0.717) is 18.4 Å². The molecule has 0 aromatic carbocycles. The zero-order chi connectivity index (χ0) is 15.2. The van der Waals surface area contributed by atoms with E-state index in [2.05, 4.69) is 29.5 Å². The van der Waals surface area contributed by atoms with Gasteiger partial charge in [0.1, 0.15) is 0 Å². The molecule has 1 aliphatic rings. The molecule has 2 rings (SSSR count). The van der Waals surface area contributed by atoms with Crippen molar-refractivity contribution in [1.29, 1.82) is 0 Å². The Labute approximate surface area is 126 Å². The number of hydrogen-bond acceptors (Lipinski definition) is 3. The summed E-state index contributed by atoms with van der Waals surface area (Å²) in [6.45, 7) is 7.73. The van der Waals surface area contributed by atoms with E-state index in [9.17, 15) is 4.79 Å². The summed E-state index contributed by atoms with van der Waals surface area (Å²) < 4.78 is 5.73. The van der Waals surface area contributed by atoms with Crippen LogP contribution in [0, 0.1) is 11.8 Å². The first-order chi connectivity index (χ1) is 10.1. The van der Waals surface area contributed by atoms with Crippen LogP contribution in [0.5, 0.6) is 0 Å². The van der Waals surface area contributed by atoms with E-state index in [0.717, 1.165) is 18.6 Å². The van der Waals surface area contributed by atoms with Crippen LogP contribution >= 0.6 is 0 Å². The molecule has 1 aliphatic heterocycles. The van der Waals surface area contributed by atoms with Crippen LogP contribution in [-0.2, 0) is 4.74 Å². The molecule has 1 aromatic rings. The van der Waals surface area contributed by atoms with Gasteiger partial charge >= 0.3 is 6.03 Å². The number of carbonyl (C=O) groups excluding carboxylic acids is 1. The van der Waals surface area contributed by atoms with Crippen LogP contribution in [0.25, 0.3) is 0 Å². The fourth-order valence-electron chi connectivity index (χ4n) is 2.80. The Kier molecular flexibility index (Phi) is 5.56. The molecular formula is C16H25N3O2. The lowest BCUT2D eigenvalue weighted by molar-refractivity contribution is 0.0545. The second-order valence-electron chi connectivity index (χ2n) is 5.99. The molecule has 1 saturated heterocycles. The van der Waals surface area contributed by atoms with Crippen molar-refractivity contribution < 1.29 is 9.53 Å². The van der Waals surface area contributed by atoms with Crippen LogP contribution in [0.15, 0.2) is 24.5 Å². The predicted molar refractivity (Wildman–Crippen MR) is 81.9 cm³/mol. The van der Waals surface area contributed by atoms with Gasteiger partial charge in [-0.3, -0.25) is 4.98 Å². The van der Waals surface area contributed by atoms with Gasteiger partial charge in [-0.1, -0.05) is 19.9 Å². The summed E-state index contributed by atoms with van der Waals surface area (Å²) in [7, 11) is 0. The van der Waals surface area contributed by atoms with Crippen LogP contribution < -0.4 is 10.6 Å². The molecule has 5 heteroatoms. The van der Waals surface area contributed by atoms with Gasteiger partial charge in [-0.05, 0) is 30.9 Å². The molecule has 0 saturated carbocycles. The quantitative estimate of drug-likeness (QED) is 0.876. The Morgan fingerprint density at radius 3 is 2.95 bits per heavy atom. The Hall–Kier alpha value is -1.62. The topological polar surface area (TPSA) is 63.2 Å². The van der Waals surface area contributed by atoms with Crippen molar-refractivity contribution in [3.05, 3.63) is 30.1 Å². The standard InChI is InChI=1S/C16H25N3O2/c1-11(2)15-14(6-8-21-15)10-18-16(20)19-12(3)13-5-4-7-17-9-13/h4-5,7,9,11-12,14-15H,6,8,10H2,1-3H3,(H2,18,19,20)/t12-,14-,15-/m0/s1. The monoisotopic (exact) mass is 291 g/mol. The maximum atomic E-state index is 12.0. The molecule has 5 nitrogen and oxygen atoms in total. The normalized spacial score (nSPS) is 23.0. The first-order valence-electron chi connectivity index (χ1n) is 7.64. The lowest BCUT2D eigenvalue weighted by Gasteiger charge is -2.23. The zero-order valence-electron chi connectivity index (χ0n) is 13.0. The van der Waals surface area contributed by atoms with Gasteiger partial charge in [0.05, 0.1) is 12.1 Å². The van der Waals surface area contributed by atoms with Gasteiger partial charge in [-0.15, -0.1) is 0 Å². The van der Waals surface area contributed by atoms with Gasteiger partial charge in [-0.2, -0.15) is 0 Å². The van der Waals surface area contributed by atoms with Crippen molar-refractivity contribution in [2.24, 2.45) is 11.8 Å². The fourth-order valence-corrected chi connectivity index (χ4v) is 2.80. The Morgan fingerprint density at radius 2 is 2.29 bits per heavy atom. The van der Waals surface area contributed by atoms with Gasteiger partial charge in [0.2, 0.25) is 0 Å². The number of nitrogens with one attached hydrogen (secondary N) is 2. The highest BCUT2D eigenvalue weighted by Gasteiger charge is 2.30. The first kappa shape index (κ1) is 15.8. The van der Waals surface area contributed by atoms with Crippen LogP contribution in [0.4, 0.5) is 4.79 Å². The Balaban J connectivity index is 1.77. The molecule has 2 N–H and O–H groups in total. The van der Waals surface area contributed by atoms with Crippen LogP contribution in [0.1, 0.15) is 38.8 Å². The summed E-state index contributed by atoms with van der Waals surface area (Å²) in [5, 5.41) is 5.89. The number of hydrogen-bond donors (Lipinski definition) is 2. The highest BCUT2D eigenvalue weighted by Crippen LogP contribution is 2.26. The molecule has 0 bridgehead atoms. The summed E-state index contributed by atoms with van der Waals surface area (Å²) in [6.07, 6.45) is 4.76. The molecule has 3 atom stereocenters. The third kappa shape index (κ3) is 4.43. The number of urea groups is 1. The number of pyridine rings is 1.